The largest absolute Gasteiger partial charge is 0.425 e. The second-order valence-corrected chi connectivity index (χ2v) is 5.26. The van der Waals surface area contributed by atoms with Gasteiger partial charge in [0, 0.05) is 5.56 Å². The fourth-order valence-corrected chi connectivity index (χ4v) is 2.70. The number of hydrogen-bond donors (Lipinski definition) is 0. The Morgan fingerprint density at radius 2 is 1.63 bits per heavy atom. The quantitative estimate of drug-likeness (QED) is 0.572. The summed E-state index contributed by atoms with van der Waals surface area (Å²) in [5, 5.41) is 0. The van der Waals surface area contributed by atoms with Crippen molar-refractivity contribution in [2.24, 2.45) is 0 Å². The number of rotatable bonds is 1. The summed E-state index contributed by atoms with van der Waals surface area (Å²) in [5.41, 5.74) is 5.37. The SMILES string of the molecule is Cc1ccc(C2C(=O)Oc3c(C)cc(C)cc32)cc1. The van der Waals surface area contributed by atoms with Gasteiger partial charge in [-0.1, -0.05) is 47.5 Å². The highest BCUT2D eigenvalue weighted by molar-refractivity contribution is 5.90. The maximum absolute atomic E-state index is 12.2. The third-order valence-corrected chi connectivity index (χ3v) is 3.61. The summed E-state index contributed by atoms with van der Waals surface area (Å²) in [5.74, 6) is 0.280. The summed E-state index contributed by atoms with van der Waals surface area (Å²) in [6.45, 7) is 6.07. The number of fused-ring (bicyclic) bond motifs is 1. The first-order valence-corrected chi connectivity index (χ1v) is 6.45. The van der Waals surface area contributed by atoms with Crippen LogP contribution in [-0.4, -0.2) is 5.97 Å². The van der Waals surface area contributed by atoms with E-state index in [2.05, 4.69) is 6.07 Å². The number of esters is 1. The monoisotopic (exact) mass is 252 g/mol. The zero-order valence-electron chi connectivity index (χ0n) is 11.4. The standard InChI is InChI=1S/C17H16O2/c1-10-4-6-13(7-5-10)15-14-9-11(2)8-12(3)16(14)19-17(15)18/h4-9,15H,1-3H3. The summed E-state index contributed by atoms with van der Waals surface area (Å²) in [7, 11) is 0. The summed E-state index contributed by atoms with van der Waals surface area (Å²) in [4.78, 5) is 12.2. The zero-order chi connectivity index (χ0) is 13.6. The van der Waals surface area contributed by atoms with Crippen LogP contribution in [0.1, 0.15) is 33.7 Å². The van der Waals surface area contributed by atoms with E-state index in [1.54, 1.807) is 0 Å². The van der Waals surface area contributed by atoms with E-state index >= 15 is 0 Å². The Labute approximate surface area is 113 Å². The van der Waals surface area contributed by atoms with Gasteiger partial charge in [-0.2, -0.15) is 0 Å². The van der Waals surface area contributed by atoms with Crippen LogP contribution < -0.4 is 4.74 Å². The molecule has 0 amide bonds. The lowest BCUT2D eigenvalue weighted by Crippen LogP contribution is -2.11. The van der Waals surface area contributed by atoms with Crippen LogP contribution in [0.15, 0.2) is 36.4 Å². The molecule has 0 saturated carbocycles. The predicted molar refractivity (Wildman–Crippen MR) is 74.6 cm³/mol. The van der Waals surface area contributed by atoms with Crippen molar-refractivity contribution in [3.8, 4) is 5.75 Å². The first-order chi connectivity index (χ1) is 9.06. The highest BCUT2D eigenvalue weighted by Gasteiger charge is 2.35. The molecule has 0 aromatic heterocycles. The summed E-state index contributed by atoms with van der Waals surface area (Å²) in [6, 6.07) is 12.2. The van der Waals surface area contributed by atoms with Crippen molar-refractivity contribution in [2.75, 3.05) is 0 Å². The van der Waals surface area contributed by atoms with Crippen LogP contribution in [0.4, 0.5) is 0 Å². The molecular formula is C17H16O2. The number of hydrogen-bond acceptors (Lipinski definition) is 2. The minimum atomic E-state index is -0.283. The van der Waals surface area contributed by atoms with E-state index in [1.807, 2.05) is 51.1 Å². The van der Waals surface area contributed by atoms with Crippen molar-refractivity contribution < 1.29 is 9.53 Å². The molecule has 0 saturated heterocycles. The van der Waals surface area contributed by atoms with Gasteiger partial charge in [0.25, 0.3) is 0 Å². The van der Waals surface area contributed by atoms with E-state index in [4.69, 9.17) is 4.74 Å². The molecule has 0 aliphatic carbocycles. The third kappa shape index (κ3) is 1.93. The number of carbonyl (C=O) groups excluding carboxylic acids is 1. The Hall–Kier alpha value is -2.09. The second kappa shape index (κ2) is 4.23. The van der Waals surface area contributed by atoms with Crippen molar-refractivity contribution in [3.63, 3.8) is 0 Å². The van der Waals surface area contributed by atoms with Crippen molar-refractivity contribution in [1.82, 2.24) is 0 Å². The molecule has 2 aromatic rings. The van der Waals surface area contributed by atoms with Gasteiger partial charge in [0.2, 0.25) is 0 Å². The molecule has 96 valence electrons. The summed E-state index contributed by atoms with van der Waals surface area (Å²) in [6.07, 6.45) is 0. The molecule has 0 radical (unpaired) electrons. The van der Waals surface area contributed by atoms with Crippen molar-refractivity contribution in [1.29, 1.82) is 0 Å². The van der Waals surface area contributed by atoms with Gasteiger partial charge in [-0.15, -0.1) is 0 Å². The number of carbonyl (C=O) groups is 1. The Kier molecular flexibility index (Phi) is 2.67. The molecular weight excluding hydrogens is 236 g/mol. The molecule has 2 nitrogen and oxygen atoms in total. The molecule has 0 N–H and O–H groups in total. The maximum Gasteiger partial charge on any atom is 0.323 e. The molecule has 3 rings (SSSR count). The van der Waals surface area contributed by atoms with Crippen molar-refractivity contribution in [3.05, 3.63) is 64.2 Å². The van der Waals surface area contributed by atoms with Crippen LogP contribution in [0.25, 0.3) is 0 Å². The van der Waals surface area contributed by atoms with Gasteiger partial charge < -0.3 is 4.74 Å². The number of aryl methyl sites for hydroxylation is 3. The van der Waals surface area contributed by atoms with Gasteiger partial charge in [-0.05, 0) is 31.9 Å². The molecule has 1 atom stereocenters. The smallest absolute Gasteiger partial charge is 0.323 e. The van der Waals surface area contributed by atoms with Gasteiger partial charge in [0.05, 0.1) is 0 Å². The van der Waals surface area contributed by atoms with Crippen molar-refractivity contribution in [2.45, 2.75) is 26.7 Å². The first kappa shape index (κ1) is 12.0. The molecule has 1 unspecified atom stereocenters. The fraction of sp³-hybridized carbons (Fsp3) is 0.235. The normalized spacial score (nSPS) is 17.2. The highest BCUT2D eigenvalue weighted by atomic mass is 16.5. The first-order valence-electron chi connectivity index (χ1n) is 6.45. The van der Waals surface area contributed by atoms with E-state index in [0.717, 1.165) is 28.0 Å². The summed E-state index contributed by atoms with van der Waals surface area (Å²) >= 11 is 0. The van der Waals surface area contributed by atoms with E-state index < -0.39 is 0 Å². The number of ether oxygens (including phenoxy) is 1. The number of benzene rings is 2. The average Bonchev–Trinajstić information content (AvgIpc) is 2.67. The Balaban J connectivity index is 2.15. The lowest BCUT2D eigenvalue weighted by atomic mass is 9.90. The van der Waals surface area contributed by atoms with Crippen LogP contribution in [0.2, 0.25) is 0 Å². The van der Waals surface area contributed by atoms with Gasteiger partial charge in [0.15, 0.2) is 0 Å². The minimum Gasteiger partial charge on any atom is -0.425 e. The van der Waals surface area contributed by atoms with Crippen LogP contribution in [0, 0.1) is 20.8 Å². The highest BCUT2D eigenvalue weighted by Crippen LogP contribution is 2.41. The van der Waals surface area contributed by atoms with E-state index in [-0.39, 0.29) is 11.9 Å². The van der Waals surface area contributed by atoms with Gasteiger partial charge >= 0.3 is 5.97 Å². The third-order valence-electron chi connectivity index (χ3n) is 3.61. The fourth-order valence-electron chi connectivity index (χ4n) is 2.70. The van der Waals surface area contributed by atoms with E-state index in [9.17, 15) is 4.79 Å². The van der Waals surface area contributed by atoms with Gasteiger partial charge in [-0.3, -0.25) is 4.79 Å². The maximum atomic E-state index is 12.2. The molecule has 1 aliphatic heterocycles. The lowest BCUT2D eigenvalue weighted by Gasteiger charge is -2.09. The predicted octanol–water partition coefficient (Wildman–Crippen LogP) is 3.66. The zero-order valence-corrected chi connectivity index (χ0v) is 11.4. The molecule has 0 fully saturated rings. The van der Waals surface area contributed by atoms with Gasteiger partial charge in [0.1, 0.15) is 11.7 Å². The molecule has 19 heavy (non-hydrogen) atoms. The molecule has 2 aromatic carbocycles. The lowest BCUT2D eigenvalue weighted by molar-refractivity contribution is -0.133. The molecule has 0 spiro atoms. The second-order valence-electron chi connectivity index (χ2n) is 5.26. The molecule has 0 bridgehead atoms. The summed E-state index contributed by atoms with van der Waals surface area (Å²) < 4.78 is 5.45. The van der Waals surface area contributed by atoms with Crippen LogP contribution in [0.3, 0.4) is 0 Å². The Bertz CT molecular complexity index is 654. The van der Waals surface area contributed by atoms with Gasteiger partial charge in [-0.25, -0.2) is 0 Å². The van der Waals surface area contributed by atoms with Crippen LogP contribution in [-0.2, 0) is 4.79 Å². The van der Waals surface area contributed by atoms with Crippen LogP contribution >= 0.6 is 0 Å². The molecule has 1 heterocycles. The van der Waals surface area contributed by atoms with Crippen LogP contribution in [0.5, 0.6) is 5.75 Å². The Morgan fingerprint density at radius 1 is 0.947 bits per heavy atom. The Morgan fingerprint density at radius 3 is 2.32 bits per heavy atom. The molecule has 2 heteroatoms. The topological polar surface area (TPSA) is 26.3 Å². The minimum absolute atomic E-state index is 0.174. The molecule has 1 aliphatic rings. The van der Waals surface area contributed by atoms with Crippen molar-refractivity contribution >= 4 is 5.97 Å². The van der Waals surface area contributed by atoms with E-state index in [0.29, 0.717) is 0 Å². The van der Waals surface area contributed by atoms with E-state index in [1.165, 1.54) is 5.56 Å². The average molecular weight is 252 g/mol.